The summed E-state index contributed by atoms with van der Waals surface area (Å²) in [5.41, 5.74) is 1.78. The molecule has 0 radical (unpaired) electrons. The molecule has 0 saturated carbocycles. The predicted octanol–water partition coefficient (Wildman–Crippen LogP) is 2.38. The van der Waals surface area contributed by atoms with Crippen molar-refractivity contribution in [3.63, 3.8) is 0 Å². The number of carbonyl (C=O) groups is 1. The fourth-order valence-corrected chi connectivity index (χ4v) is 2.62. The molecule has 2 amide bonds. The lowest BCUT2D eigenvalue weighted by molar-refractivity contribution is 0.0911. The van der Waals surface area contributed by atoms with E-state index in [4.69, 9.17) is 4.74 Å². The molecule has 6 nitrogen and oxygen atoms in total. The Morgan fingerprint density at radius 3 is 2.86 bits per heavy atom. The van der Waals surface area contributed by atoms with Gasteiger partial charge in [0.25, 0.3) is 0 Å². The smallest absolute Gasteiger partial charge is 0.319 e. The number of carbonyl (C=O) groups excluding carboxylic acids is 1. The second-order valence-electron chi connectivity index (χ2n) is 5.22. The third kappa shape index (κ3) is 3.59. The summed E-state index contributed by atoms with van der Waals surface area (Å²) >= 11 is 0. The van der Waals surface area contributed by atoms with Crippen molar-refractivity contribution in [2.45, 2.75) is 12.5 Å². The van der Waals surface area contributed by atoms with Crippen molar-refractivity contribution in [3.8, 4) is 0 Å². The number of aromatic nitrogens is 2. The van der Waals surface area contributed by atoms with Gasteiger partial charge in [-0.25, -0.2) is 4.79 Å². The van der Waals surface area contributed by atoms with Crippen LogP contribution in [0.25, 0.3) is 0 Å². The average Bonchev–Trinajstić information content (AvgIpc) is 3.03. The van der Waals surface area contributed by atoms with Crippen molar-refractivity contribution in [2.75, 3.05) is 18.5 Å². The summed E-state index contributed by atoms with van der Waals surface area (Å²) < 4.78 is 5.81. The number of anilines is 1. The molecule has 22 heavy (non-hydrogen) atoms. The molecule has 1 aliphatic heterocycles. The highest BCUT2D eigenvalue weighted by Gasteiger charge is 2.29. The molecule has 6 heteroatoms. The van der Waals surface area contributed by atoms with Crippen molar-refractivity contribution in [1.82, 2.24) is 15.5 Å². The Hall–Kier alpha value is -2.47. The standard InChI is InChI=1S/C16H18N4O2/c21-16(20-14-6-8-18-19-11-14)17-10-13-7-9-22-15(13)12-4-2-1-3-5-12/h1-6,8,11,13,15H,7,9-10H2,(H2,17,18,20,21)/t13-,15-/m1/s1. The molecule has 1 aromatic heterocycles. The molecule has 0 aliphatic carbocycles. The molecule has 0 spiro atoms. The molecular weight excluding hydrogens is 280 g/mol. The highest BCUT2D eigenvalue weighted by atomic mass is 16.5. The van der Waals surface area contributed by atoms with E-state index in [1.165, 1.54) is 12.4 Å². The molecule has 1 fully saturated rings. The molecule has 1 aliphatic rings. The lowest BCUT2D eigenvalue weighted by Crippen LogP contribution is -2.34. The molecule has 114 valence electrons. The van der Waals surface area contributed by atoms with Crippen LogP contribution in [0.3, 0.4) is 0 Å². The van der Waals surface area contributed by atoms with Crippen LogP contribution in [0.5, 0.6) is 0 Å². The number of ether oxygens (including phenoxy) is 1. The monoisotopic (exact) mass is 298 g/mol. The Kier molecular flexibility index (Phi) is 4.60. The van der Waals surface area contributed by atoms with Gasteiger partial charge in [-0.05, 0) is 18.1 Å². The van der Waals surface area contributed by atoms with Crippen LogP contribution in [0, 0.1) is 5.92 Å². The van der Waals surface area contributed by atoms with Crippen LogP contribution in [0.4, 0.5) is 10.5 Å². The number of urea groups is 1. The van der Waals surface area contributed by atoms with Crippen molar-refractivity contribution in [3.05, 3.63) is 54.4 Å². The van der Waals surface area contributed by atoms with Gasteiger partial charge in [0.05, 0.1) is 24.2 Å². The van der Waals surface area contributed by atoms with Gasteiger partial charge in [0, 0.05) is 19.1 Å². The van der Waals surface area contributed by atoms with E-state index in [1.54, 1.807) is 6.07 Å². The molecule has 2 N–H and O–H groups in total. The number of nitrogens with one attached hydrogen (secondary N) is 2. The van der Waals surface area contributed by atoms with Gasteiger partial charge in [0.2, 0.25) is 0 Å². The normalized spacial score (nSPS) is 20.5. The molecule has 3 rings (SSSR count). The maximum Gasteiger partial charge on any atom is 0.319 e. The number of amides is 2. The molecule has 1 aromatic carbocycles. The fraction of sp³-hybridized carbons (Fsp3) is 0.312. The van der Waals surface area contributed by atoms with E-state index in [-0.39, 0.29) is 18.1 Å². The Bertz CT molecular complexity index is 606. The van der Waals surface area contributed by atoms with Crippen LogP contribution in [-0.4, -0.2) is 29.4 Å². The van der Waals surface area contributed by atoms with Crippen molar-refractivity contribution >= 4 is 11.7 Å². The predicted molar refractivity (Wildman–Crippen MR) is 82.3 cm³/mol. The Labute approximate surface area is 128 Å². The van der Waals surface area contributed by atoms with Crippen LogP contribution >= 0.6 is 0 Å². The van der Waals surface area contributed by atoms with Crippen LogP contribution < -0.4 is 10.6 Å². The summed E-state index contributed by atoms with van der Waals surface area (Å²) in [7, 11) is 0. The second kappa shape index (κ2) is 7.00. The number of hydrogen-bond donors (Lipinski definition) is 2. The summed E-state index contributed by atoms with van der Waals surface area (Å²) in [6.07, 6.45) is 4.03. The molecule has 2 atom stereocenters. The Morgan fingerprint density at radius 1 is 1.23 bits per heavy atom. The summed E-state index contributed by atoms with van der Waals surface area (Å²) in [5.74, 6) is 0.281. The second-order valence-corrected chi connectivity index (χ2v) is 5.22. The Morgan fingerprint density at radius 2 is 2.09 bits per heavy atom. The summed E-state index contributed by atoms with van der Waals surface area (Å²) in [6.45, 7) is 1.30. The number of rotatable bonds is 4. The first-order valence-corrected chi connectivity index (χ1v) is 7.31. The topological polar surface area (TPSA) is 76.1 Å². The highest BCUT2D eigenvalue weighted by molar-refractivity contribution is 5.88. The van der Waals surface area contributed by atoms with E-state index in [2.05, 4.69) is 33.0 Å². The summed E-state index contributed by atoms with van der Waals surface area (Å²) in [6, 6.07) is 11.6. The first-order chi connectivity index (χ1) is 10.8. The lowest BCUT2D eigenvalue weighted by atomic mass is 9.95. The van der Waals surface area contributed by atoms with Gasteiger partial charge < -0.3 is 15.4 Å². The molecule has 1 saturated heterocycles. The van der Waals surface area contributed by atoms with Gasteiger partial charge in [0.15, 0.2) is 0 Å². The molecular formula is C16H18N4O2. The third-order valence-corrected chi connectivity index (χ3v) is 3.71. The zero-order valence-corrected chi connectivity index (χ0v) is 12.1. The zero-order valence-electron chi connectivity index (χ0n) is 12.1. The van der Waals surface area contributed by atoms with Crippen LogP contribution in [-0.2, 0) is 4.74 Å². The first kappa shape index (κ1) is 14.5. The number of benzene rings is 1. The highest BCUT2D eigenvalue weighted by Crippen LogP contribution is 2.33. The van der Waals surface area contributed by atoms with Crippen LogP contribution in [0.1, 0.15) is 18.1 Å². The maximum atomic E-state index is 11.9. The summed E-state index contributed by atoms with van der Waals surface area (Å²) in [4.78, 5) is 11.9. The third-order valence-electron chi connectivity index (χ3n) is 3.71. The number of nitrogens with zero attached hydrogens (tertiary/aromatic N) is 2. The minimum absolute atomic E-state index is 0.0455. The van der Waals surface area contributed by atoms with Crippen molar-refractivity contribution in [2.24, 2.45) is 5.92 Å². The van der Waals surface area contributed by atoms with E-state index < -0.39 is 0 Å². The quantitative estimate of drug-likeness (QED) is 0.908. The largest absolute Gasteiger partial charge is 0.373 e. The van der Waals surface area contributed by atoms with E-state index in [0.717, 1.165) is 18.6 Å². The van der Waals surface area contributed by atoms with Gasteiger partial charge >= 0.3 is 6.03 Å². The molecule has 0 bridgehead atoms. The fourth-order valence-electron chi connectivity index (χ4n) is 2.62. The maximum absolute atomic E-state index is 11.9. The average molecular weight is 298 g/mol. The van der Waals surface area contributed by atoms with Gasteiger partial charge in [-0.2, -0.15) is 10.2 Å². The lowest BCUT2D eigenvalue weighted by Gasteiger charge is -2.19. The molecule has 0 unspecified atom stereocenters. The number of hydrogen-bond acceptors (Lipinski definition) is 4. The minimum atomic E-state index is -0.244. The van der Waals surface area contributed by atoms with Gasteiger partial charge in [-0.1, -0.05) is 30.3 Å². The minimum Gasteiger partial charge on any atom is -0.373 e. The SMILES string of the molecule is O=C(NC[C@H]1CCO[C@@H]1c1ccccc1)Nc1ccnnc1. The first-order valence-electron chi connectivity index (χ1n) is 7.31. The molecule has 2 aromatic rings. The van der Waals surface area contributed by atoms with E-state index in [9.17, 15) is 4.79 Å². The van der Waals surface area contributed by atoms with Gasteiger partial charge in [-0.3, -0.25) is 0 Å². The van der Waals surface area contributed by atoms with Crippen molar-refractivity contribution in [1.29, 1.82) is 0 Å². The van der Waals surface area contributed by atoms with Gasteiger partial charge in [0.1, 0.15) is 0 Å². The Balaban J connectivity index is 1.53. The van der Waals surface area contributed by atoms with Crippen molar-refractivity contribution < 1.29 is 9.53 Å². The molecule has 2 heterocycles. The van der Waals surface area contributed by atoms with E-state index in [1.807, 2.05) is 18.2 Å². The summed E-state index contributed by atoms with van der Waals surface area (Å²) in [5, 5.41) is 13.0. The van der Waals surface area contributed by atoms with Crippen LogP contribution in [0.2, 0.25) is 0 Å². The van der Waals surface area contributed by atoms with Gasteiger partial charge in [-0.15, -0.1) is 0 Å². The van der Waals surface area contributed by atoms with E-state index in [0.29, 0.717) is 12.2 Å². The van der Waals surface area contributed by atoms with E-state index >= 15 is 0 Å². The zero-order chi connectivity index (χ0) is 15.2. The van der Waals surface area contributed by atoms with Crippen LogP contribution in [0.15, 0.2) is 48.8 Å².